The van der Waals surface area contributed by atoms with Gasteiger partial charge in [0, 0.05) is 12.8 Å². The fourth-order valence-corrected chi connectivity index (χ4v) is 15.2. The fourth-order valence-electron chi connectivity index (χ4n) is 13.6. The van der Waals surface area contributed by atoms with Gasteiger partial charge in [0.05, 0.1) is 77.1 Å². The number of carboxylic acid groups (broad SMARTS) is 2. The molecule has 1 unspecified atom stereocenters. The first-order valence-electron chi connectivity index (χ1n) is 34.4. The molecule has 43 atom stereocenters. The minimum atomic E-state index is -6.23. The van der Waals surface area contributed by atoms with E-state index in [2.05, 4.69) is 4.52 Å². The Morgan fingerprint density at radius 2 is 0.826 bits per heavy atom. The molecule has 0 saturated carbocycles. The third-order valence-corrected chi connectivity index (χ3v) is 21.2. The van der Waals surface area contributed by atoms with Crippen LogP contribution in [0.4, 0.5) is 0 Å². The van der Waals surface area contributed by atoms with E-state index < -0.39 is 364 Å². The summed E-state index contributed by atoms with van der Waals surface area (Å²) >= 11 is 0. The minimum Gasteiger partial charge on any atom is -0.477 e. The molecule has 0 spiro atoms. The molecule has 0 aromatic carbocycles. The number of ether oxygens (including phenoxy) is 15. The van der Waals surface area contributed by atoms with E-state index in [1.54, 1.807) is 0 Å². The number of hydrogen-bond donors (Lipinski definition) is 34. The Morgan fingerprint density at radius 1 is 0.383 bits per heavy atom. The van der Waals surface area contributed by atoms with Gasteiger partial charge in [0.1, 0.15) is 189 Å². The number of phosphoric ester groups is 3. The summed E-state index contributed by atoms with van der Waals surface area (Å²) in [4.78, 5) is 87.6. The van der Waals surface area contributed by atoms with Crippen molar-refractivity contribution < 1.29 is 270 Å². The highest BCUT2D eigenvalue weighted by Crippen LogP contribution is 2.49. The Hall–Kier alpha value is -2.37. The zero-order chi connectivity index (χ0) is 86.1. The molecule has 672 valence electrons. The molecule has 8 aliphatic rings. The van der Waals surface area contributed by atoms with Crippen molar-refractivity contribution in [3.8, 4) is 0 Å². The SMILES string of the molecule is N[C@H]1[C@@H](OP(=O)(O)O)O[C@H](CO[C@@H]2O[C@H](CO[C@]3(C(=O)O)C[C@@H](O[C@]4(C(=O)O)C[C@@H](O)[C@@H](O)[C@@H]([C@H](O)CO)O4)[C@@H](O[C@H]4O[C@H]([C@@H](O)CO)[C@@H](OP(=O)(O)O)[C@H](O[C@H]5O[C@H]([C@@H](O)CO[C@H]6O[C@H](C(O)CO)[C@@H](O)[C@H](O)[C@@H]6O)[C@@H](O)[C@H](O[C@H]6O[C@H](CO)[C@@H](O)[C@H](O)[C@H]6O)[C@@H]5O)[C@@H]4O)[C@@H]([C@H](O)CO)O3)[C@@H](OP(=O)(O)O)[C@H](O)[C@H]2N)[C@@H](O)[C@@H]1O. The van der Waals surface area contributed by atoms with Crippen LogP contribution in [-0.4, -0.2) is 490 Å². The average Bonchev–Trinajstić information content (AvgIpc) is 0.738. The summed E-state index contributed by atoms with van der Waals surface area (Å²) < 4.78 is 136. The number of aliphatic hydroxyl groups is 24. The zero-order valence-corrected chi connectivity index (χ0v) is 61.6. The number of carbonyl (C=O) groups is 2. The van der Waals surface area contributed by atoms with Gasteiger partial charge in [-0.2, -0.15) is 0 Å². The van der Waals surface area contributed by atoms with Gasteiger partial charge in [-0.25, -0.2) is 23.3 Å². The summed E-state index contributed by atoms with van der Waals surface area (Å²) in [6.45, 7) is -11.2. The summed E-state index contributed by atoms with van der Waals surface area (Å²) in [5.41, 5.74) is 11.9. The molecule has 0 radical (unpaired) electrons. The lowest BCUT2D eigenvalue weighted by atomic mass is 9.89. The minimum absolute atomic E-state index is 1.13. The maximum absolute atomic E-state index is 14.1. The summed E-state index contributed by atoms with van der Waals surface area (Å²) in [6.07, 6.45) is -100. The van der Waals surface area contributed by atoms with E-state index in [4.69, 9.17) is 91.6 Å². The van der Waals surface area contributed by atoms with Crippen LogP contribution in [0.15, 0.2) is 0 Å². The highest BCUT2D eigenvalue weighted by molar-refractivity contribution is 7.46. The molecule has 0 amide bonds. The molecule has 60 heteroatoms. The molecule has 115 heavy (non-hydrogen) atoms. The Balaban J connectivity index is 1.21. The van der Waals surface area contributed by atoms with E-state index in [0.717, 1.165) is 0 Å². The van der Waals surface area contributed by atoms with Crippen molar-refractivity contribution in [3.05, 3.63) is 0 Å². The van der Waals surface area contributed by atoms with Gasteiger partial charge < -0.3 is 245 Å². The van der Waals surface area contributed by atoms with Gasteiger partial charge in [-0.15, -0.1) is 0 Å². The molecule has 0 bridgehead atoms. The van der Waals surface area contributed by atoms with Gasteiger partial charge >= 0.3 is 35.4 Å². The van der Waals surface area contributed by atoms with Gasteiger partial charge in [0.15, 0.2) is 37.7 Å². The van der Waals surface area contributed by atoms with E-state index >= 15 is 0 Å². The van der Waals surface area contributed by atoms with Crippen LogP contribution in [-0.2, 0) is 108 Å². The molecular formula is C55H97N2O55P3. The predicted molar refractivity (Wildman–Crippen MR) is 341 cm³/mol. The van der Waals surface area contributed by atoms with Crippen molar-refractivity contribution in [2.45, 2.75) is 276 Å². The van der Waals surface area contributed by atoms with Crippen molar-refractivity contribution in [1.82, 2.24) is 0 Å². The summed E-state index contributed by atoms with van der Waals surface area (Å²) in [6, 6.07) is -3.97. The molecule has 8 heterocycles. The lowest BCUT2D eigenvalue weighted by Gasteiger charge is -2.53. The lowest BCUT2D eigenvalue weighted by Crippen LogP contribution is -2.71. The second kappa shape index (κ2) is 40.1. The molecular weight excluding hydrogens is 1660 g/mol. The van der Waals surface area contributed by atoms with Crippen LogP contribution in [0.1, 0.15) is 12.8 Å². The van der Waals surface area contributed by atoms with Crippen LogP contribution in [0.3, 0.4) is 0 Å². The largest absolute Gasteiger partial charge is 0.477 e. The Kier molecular flexibility index (Phi) is 34.2. The zero-order valence-electron chi connectivity index (χ0n) is 58.9. The molecule has 0 aromatic rings. The smallest absolute Gasteiger partial charge is 0.471 e. The molecule has 0 aromatic heterocycles. The van der Waals surface area contributed by atoms with Crippen molar-refractivity contribution in [2.75, 3.05) is 52.9 Å². The van der Waals surface area contributed by atoms with Crippen molar-refractivity contribution in [2.24, 2.45) is 11.5 Å². The number of phosphoric acid groups is 3. The summed E-state index contributed by atoms with van der Waals surface area (Å²) in [5.74, 6) is -12.5. The van der Waals surface area contributed by atoms with E-state index in [9.17, 15) is 185 Å². The monoisotopic (exact) mass is 1760 g/mol. The fraction of sp³-hybridized carbons (Fsp3) is 0.964. The first kappa shape index (κ1) is 98.1. The Labute approximate surface area is 644 Å². The van der Waals surface area contributed by atoms with Crippen molar-refractivity contribution >= 4 is 35.4 Å². The molecule has 8 rings (SSSR count). The van der Waals surface area contributed by atoms with Crippen LogP contribution in [0.2, 0.25) is 0 Å². The number of rotatable bonds is 35. The Morgan fingerprint density at radius 3 is 1.39 bits per heavy atom. The third kappa shape index (κ3) is 22.6. The summed E-state index contributed by atoms with van der Waals surface area (Å²) in [5, 5.41) is 285. The normalized spacial score (nSPS) is 46.0. The molecule has 8 saturated heterocycles. The first-order chi connectivity index (χ1) is 53.4. The van der Waals surface area contributed by atoms with Crippen LogP contribution >= 0.6 is 23.5 Å². The topological polar surface area (TPSA) is 951 Å². The van der Waals surface area contributed by atoms with Crippen molar-refractivity contribution in [3.63, 3.8) is 0 Å². The van der Waals surface area contributed by atoms with Crippen LogP contribution in [0, 0.1) is 0 Å². The summed E-state index contributed by atoms with van der Waals surface area (Å²) in [7, 11) is -17.7. The van der Waals surface area contributed by atoms with E-state index in [-0.39, 0.29) is 0 Å². The van der Waals surface area contributed by atoms with Crippen LogP contribution in [0.25, 0.3) is 0 Å². The van der Waals surface area contributed by atoms with Crippen LogP contribution < -0.4 is 11.5 Å². The lowest BCUT2D eigenvalue weighted by molar-refractivity contribution is -0.408. The number of nitrogens with two attached hydrogens (primary N) is 2. The standard InChI is InChI=1S/C55H97N2O55P3/c56-21-26(72)25(71)19(99-47(21)112-115(92,93)94)9-96-46-22(57)27(73)41(110-113(86,87)88)20(100-46)10-97-54(52(82)83)2-17(107-55(53(84)85)1-11(63)23(69)38(108-55)13(65)4-59)42(40(109-54)15(67)6-61)104-51-35(81)44(45(111-114(89,90)91)39(103-51)14(66)5-60)106-50-34(80)43(105-49-32(78)28(74)24(70)18(7-62)98-49)33(79)37(102-50)16(68)8-95-48-31(77)29(75)30(76)36(101-48)12(64)3-58/h11-51,58-81H,1-10,56-57H2,(H,82,83)(H,84,85)(H2,86,87,88)(H2,89,90,91)(H2,92,93,94)/t11-,12?,13-,14+,15-,16+,17-,18-,19-,20-,21-,22-,23-,24-,25-,26-,27-,28+,29+,30+,31+,32-,33-,34+,35+,36-,37-,38-,39-,40-,41-,42-,43+,44-,45-,46-,47-,48+,49-,50-,51-,54-,55-/m1/s1. The second-order valence-corrected chi connectivity index (χ2v) is 31.3. The second-order valence-electron chi connectivity index (χ2n) is 27.7. The molecule has 8 aliphatic heterocycles. The number of carboxylic acids is 2. The molecule has 0 aliphatic carbocycles. The third-order valence-electron chi connectivity index (χ3n) is 19.7. The van der Waals surface area contributed by atoms with Gasteiger partial charge in [-0.3, -0.25) is 13.6 Å². The average molecular weight is 1760 g/mol. The maximum Gasteiger partial charge on any atom is 0.471 e. The van der Waals surface area contributed by atoms with Crippen LogP contribution in [0.5, 0.6) is 0 Å². The maximum atomic E-state index is 14.1. The molecule has 8 fully saturated rings. The number of aliphatic carboxylic acids is 2. The molecule has 36 N–H and O–H groups in total. The number of hydrogen-bond acceptors (Lipinski definition) is 49. The quantitative estimate of drug-likeness (QED) is 0.0262. The van der Waals surface area contributed by atoms with E-state index in [1.165, 1.54) is 0 Å². The Bertz CT molecular complexity index is 3250. The highest BCUT2D eigenvalue weighted by Gasteiger charge is 2.65. The van der Waals surface area contributed by atoms with Gasteiger partial charge in [0.25, 0.3) is 11.6 Å². The van der Waals surface area contributed by atoms with Gasteiger partial charge in [-0.05, 0) is 0 Å². The van der Waals surface area contributed by atoms with E-state index in [1.807, 2.05) is 0 Å². The first-order valence-corrected chi connectivity index (χ1v) is 39.0. The van der Waals surface area contributed by atoms with Crippen molar-refractivity contribution in [1.29, 1.82) is 0 Å². The number of aliphatic hydroxyl groups excluding tert-OH is 24. The highest BCUT2D eigenvalue weighted by atomic mass is 31.2. The predicted octanol–water partition coefficient (Wildman–Crippen LogP) is -20.4. The van der Waals surface area contributed by atoms with E-state index in [0.29, 0.717) is 0 Å². The molecule has 57 nitrogen and oxygen atoms in total. The van der Waals surface area contributed by atoms with Gasteiger partial charge in [-0.1, -0.05) is 0 Å². The van der Waals surface area contributed by atoms with Gasteiger partial charge in [0.2, 0.25) is 0 Å².